The largest absolute Gasteiger partial charge is 0.502 e. The van der Waals surface area contributed by atoms with Crippen LogP contribution in [-0.2, 0) is 9.53 Å². The Morgan fingerprint density at radius 3 is 2.21 bits per heavy atom. The molecule has 5 heteroatoms. The van der Waals surface area contributed by atoms with Crippen LogP contribution in [-0.4, -0.2) is 31.9 Å². The van der Waals surface area contributed by atoms with Gasteiger partial charge in [-0.25, -0.2) is 0 Å². The highest BCUT2D eigenvalue weighted by Crippen LogP contribution is 2.39. The lowest BCUT2D eigenvalue weighted by Gasteiger charge is -2.18. The summed E-state index contributed by atoms with van der Waals surface area (Å²) in [6, 6.07) is 3.27. The number of methoxy groups -OCH3 is 2. The van der Waals surface area contributed by atoms with E-state index >= 15 is 0 Å². The van der Waals surface area contributed by atoms with Crippen LogP contribution >= 0.6 is 0 Å². The summed E-state index contributed by atoms with van der Waals surface area (Å²) in [5.41, 5.74) is 0.688. The molecule has 0 aromatic heterocycles. The molecule has 1 N–H and O–H groups in total. The molecule has 2 atom stereocenters. The number of hydrogen-bond donors (Lipinski definition) is 1. The van der Waals surface area contributed by atoms with E-state index in [-0.39, 0.29) is 23.2 Å². The lowest BCUT2D eigenvalue weighted by molar-refractivity contribution is -0.146. The lowest BCUT2D eigenvalue weighted by Crippen LogP contribution is -2.18. The molecule has 0 heterocycles. The van der Waals surface area contributed by atoms with Crippen LogP contribution in [0.15, 0.2) is 12.1 Å². The average Bonchev–Trinajstić information content (AvgIpc) is 2.61. The molecule has 0 bridgehead atoms. The highest BCUT2D eigenvalue weighted by Gasteiger charge is 2.22. The van der Waals surface area contributed by atoms with Crippen LogP contribution in [0.3, 0.4) is 0 Å². The zero-order valence-electron chi connectivity index (χ0n) is 15.4. The van der Waals surface area contributed by atoms with Gasteiger partial charge >= 0.3 is 5.97 Å². The van der Waals surface area contributed by atoms with Crippen LogP contribution in [0.25, 0.3) is 0 Å². The van der Waals surface area contributed by atoms with Crippen LogP contribution in [0.1, 0.15) is 57.9 Å². The predicted octanol–water partition coefficient (Wildman–Crippen LogP) is 4.27. The maximum atomic E-state index is 12.4. The first kappa shape index (κ1) is 20.1. The van der Waals surface area contributed by atoms with Crippen LogP contribution in [0.2, 0.25) is 0 Å². The zero-order valence-corrected chi connectivity index (χ0v) is 15.4. The molecule has 1 rings (SSSR count). The van der Waals surface area contributed by atoms with Gasteiger partial charge in [-0.15, -0.1) is 0 Å². The number of aromatic hydroxyl groups is 1. The predicted molar refractivity (Wildman–Crippen MR) is 93.9 cm³/mol. The van der Waals surface area contributed by atoms with Gasteiger partial charge in [0.05, 0.1) is 26.7 Å². The topological polar surface area (TPSA) is 65.0 Å². The van der Waals surface area contributed by atoms with Crippen LogP contribution < -0.4 is 9.47 Å². The Morgan fingerprint density at radius 2 is 1.75 bits per heavy atom. The highest BCUT2D eigenvalue weighted by molar-refractivity contribution is 5.78. The number of ether oxygens (including phenoxy) is 3. The Hall–Kier alpha value is -1.91. The minimum atomic E-state index is -0.461. The van der Waals surface area contributed by atoms with E-state index < -0.39 is 5.92 Å². The molecule has 0 spiro atoms. The monoisotopic (exact) mass is 338 g/mol. The molecular formula is C19H30O5. The summed E-state index contributed by atoms with van der Waals surface area (Å²) in [5, 5.41) is 9.96. The van der Waals surface area contributed by atoms with Gasteiger partial charge in [-0.05, 0) is 37.0 Å². The fourth-order valence-electron chi connectivity index (χ4n) is 2.52. The van der Waals surface area contributed by atoms with E-state index in [1.807, 2.05) is 0 Å². The number of carbonyl (C=O) groups excluding carboxylic acids is 1. The van der Waals surface area contributed by atoms with Crippen LogP contribution in [0.4, 0.5) is 0 Å². The van der Waals surface area contributed by atoms with Crippen LogP contribution in [0, 0.1) is 5.92 Å². The number of phenolic OH excluding ortho intramolecular Hbond substituents is 1. The molecule has 136 valence electrons. The first-order valence-electron chi connectivity index (χ1n) is 8.59. The van der Waals surface area contributed by atoms with Crippen molar-refractivity contribution < 1.29 is 24.1 Å². The molecule has 0 aliphatic carbocycles. The van der Waals surface area contributed by atoms with E-state index in [9.17, 15) is 9.90 Å². The summed E-state index contributed by atoms with van der Waals surface area (Å²) < 4.78 is 15.8. The second kappa shape index (κ2) is 10.1. The fraction of sp³-hybridized carbons (Fsp3) is 0.632. The van der Waals surface area contributed by atoms with E-state index in [1.54, 1.807) is 19.1 Å². The van der Waals surface area contributed by atoms with Crippen molar-refractivity contribution in [2.45, 2.75) is 52.4 Å². The van der Waals surface area contributed by atoms with Gasteiger partial charge in [0, 0.05) is 0 Å². The molecular weight excluding hydrogens is 308 g/mol. The van der Waals surface area contributed by atoms with Gasteiger partial charge in [0.1, 0.15) is 0 Å². The Bertz CT molecular complexity index is 501. The molecule has 0 fully saturated rings. The van der Waals surface area contributed by atoms with Crippen molar-refractivity contribution in [1.82, 2.24) is 0 Å². The summed E-state index contributed by atoms with van der Waals surface area (Å²) in [5.74, 6) is 0.147. The van der Waals surface area contributed by atoms with Gasteiger partial charge in [-0.3, -0.25) is 4.79 Å². The SMILES string of the molecule is CCCCC(CC)COC(=O)C(C)c1cc(OC)c(O)c(OC)c1. The zero-order chi connectivity index (χ0) is 18.1. The second-order valence-corrected chi connectivity index (χ2v) is 6.04. The quantitative estimate of drug-likeness (QED) is 0.645. The molecule has 1 aromatic rings. The van der Waals surface area contributed by atoms with Crippen molar-refractivity contribution in [3.05, 3.63) is 17.7 Å². The Balaban J connectivity index is 2.78. The van der Waals surface area contributed by atoms with Gasteiger partial charge in [-0.1, -0.05) is 33.1 Å². The summed E-state index contributed by atoms with van der Waals surface area (Å²) in [4.78, 5) is 12.4. The Morgan fingerprint density at radius 1 is 1.17 bits per heavy atom. The first-order chi connectivity index (χ1) is 11.5. The van der Waals surface area contributed by atoms with Crippen molar-refractivity contribution in [1.29, 1.82) is 0 Å². The van der Waals surface area contributed by atoms with Crippen LogP contribution in [0.5, 0.6) is 17.2 Å². The van der Waals surface area contributed by atoms with E-state index in [0.717, 1.165) is 25.7 Å². The molecule has 0 aliphatic rings. The minimum Gasteiger partial charge on any atom is -0.502 e. The van der Waals surface area contributed by atoms with E-state index in [2.05, 4.69) is 13.8 Å². The van der Waals surface area contributed by atoms with Crippen molar-refractivity contribution in [3.63, 3.8) is 0 Å². The number of carbonyl (C=O) groups is 1. The minimum absolute atomic E-state index is 0.0741. The highest BCUT2D eigenvalue weighted by atomic mass is 16.5. The molecule has 24 heavy (non-hydrogen) atoms. The third-order valence-electron chi connectivity index (χ3n) is 4.36. The Kier molecular flexibility index (Phi) is 8.44. The third-order valence-corrected chi connectivity index (χ3v) is 4.36. The average molecular weight is 338 g/mol. The number of rotatable bonds is 10. The first-order valence-corrected chi connectivity index (χ1v) is 8.59. The number of benzene rings is 1. The lowest BCUT2D eigenvalue weighted by atomic mass is 9.99. The molecule has 0 radical (unpaired) electrons. The molecule has 0 saturated heterocycles. The number of unbranched alkanes of at least 4 members (excludes halogenated alkanes) is 1. The maximum absolute atomic E-state index is 12.4. The number of esters is 1. The normalized spacial score (nSPS) is 13.2. The number of hydrogen-bond acceptors (Lipinski definition) is 5. The third kappa shape index (κ3) is 5.32. The van der Waals surface area contributed by atoms with Gasteiger partial charge in [0.25, 0.3) is 0 Å². The fourth-order valence-corrected chi connectivity index (χ4v) is 2.52. The van der Waals surface area contributed by atoms with E-state index in [4.69, 9.17) is 14.2 Å². The maximum Gasteiger partial charge on any atom is 0.313 e. The summed E-state index contributed by atoms with van der Waals surface area (Å²) >= 11 is 0. The molecule has 5 nitrogen and oxygen atoms in total. The molecule has 0 amide bonds. The summed E-state index contributed by atoms with van der Waals surface area (Å²) in [7, 11) is 2.92. The second-order valence-electron chi connectivity index (χ2n) is 6.04. The standard InChI is InChI=1S/C19H30O5/c1-6-8-9-14(7-2)12-24-19(21)13(3)15-10-16(22-4)18(20)17(11-15)23-5/h10-11,13-14,20H,6-9,12H2,1-5H3. The smallest absolute Gasteiger partial charge is 0.313 e. The molecule has 0 aliphatic heterocycles. The van der Waals surface area contributed by atoms with E-state index in [0.29, 0.717) is 18.1 Å². The molecule has 1 aromatic carbocycles. The van der Waals surface area contributed by atoms with Gasteiger partial charge < -0.3 is 19.3 Å². The van der Waals surface area contributed by atoms with Gasteiger partial charge in [0.15, 0.2) is 11.5 Å². The van der Waals surface area contributed by atoms with Crippen molar-refractivity contribution in [3.8, 4) is 17.2 Å². The van der Waals surface area contributed by atoms with Gasteiger partial charge in [-0.2, -0.15) is 0 Å². The van der Waals surface area contributed by atoms with Crippen molar-refractivity contribution in [2.75, 3.05) is 20.8 Å². The summed E-state index contributed by atoms with van der Waals surface area (Å²) in [6.07, 6.45) is 4.38. The Labute approximate surface area is 144 Å². The molecule has 0 saturated carbocycles. The van der Waals surface area contributed by atoms with Crippen molar-refractivity contribution >= 4 is 5.97 Å². The van der Waals surface area contributed by atoms with E-state index in [1.165, 1.54) is 14.2 Å². The molecule has 2 unspecified atom stereocenters. The summed E-state index contributed by atoms with van der Waals surface area (Å²) in [6.45, 7) is 6.51. The van der Waals surface area contributed by atoms with Crippen molar-refractivity contribution in [2.24, 2.45) is 5.92 Å². The van der Waals surface area contributed by atoms with Gasteiger partial charge in [0.2, 0.25) is 5.75 Å². The number of phenols is 1.